The third-order valence-corrected chi connectivity index (χ3v) is 2.41. The topological polar surface area (TPSA) is 87.2 Å². The maximum Gasteiger partial charge on any atom is 0.305 e. The van der Waals surface area contributed by atoms with Gasteiger partial charge in [0.25, 0.3) is 5.91 Å². The molecule has 0 saturated carbocycles. The van der Waals surface area contributed by atoms with Crippen molar-refractivity contribution in [2.24, 2.45) is 0 Å². The maximum absolute atomic E-state index is 13.8. The second-order valence-electron chi connectivity index (χ2n) is 3.49. The number of nitro groups is 1. The predicted molar refractivity (Wildman–Crippen MR) is 60.2 cm³/mol. The molecule has 0 aromatic heterocycles. The van der Waals surface area contributed by atoms with E-state index in [0.717, 1.165) is 4.90 Å². The highest BCUT2D eigenvalue weighted by Crippen LogP contribution is 2.24. The molecule has 0 saturated heterocycles. The number of carbonyl (C=O) groups excluding carboxylic acids is 1. The van der Waals surface area contributed by atoms with Gasteiger partial charge in [0.1, 0.15) is 17.9 Å². The summed E-state index contributed by atoms with van der Waals surface area (Å²) in [6.45, 7) is 1.20. The molecule has 0 heterocycles. The van der Waals surface area contributed by atoms with Gasteiger partial charge in [-0.25, -0.2) is 4.39 Å². The summed E-state index contributed by atoms with van der Waals surface area (Å²) < 4.78 is 27.2. The van der Waals surface area contributed by atoms with Gasteiger partial charge >= 0.3 is 5.69 Å². The van der Waals surface area contributed by atoms with Crippen LogP contribution in [0.2, 0.25) is 0 Å². The number of rotatable bonds is 4. The minimum atomic E-state index is -1.54. The number of carbonyl (C=O) groups is 1. The fourth-order valence-electron chi connectivity index (χ4n) is 1.45. The van der Waals surface area contributed by atoms with E-state index in [9.17, 15) is 23.7 Å². The molecule has 0 bridgehead atoms. The van der Waals surface area contributed by atoms with Crippen LogP contribution in [-0.2, 0) is 0 Å². The number of nitro benzene ring substituents is 1. The molecule has 0 atom stereocenters. The van der Waals surface area contributed by atoms with E-state index in [1.807, 2.05) is 0 Å². The molecule has 1 aromatic carbocycles. The fraction of sp³-hybridized carbons (Fsp3) is 0.273. The summed E-state index contributed by atoms with van der Waals surface area (Å²) in [6, 6.07) is 2.96. The summed E-state index contributed by atoms with van der Waals surface area (Å²) in [4.78, 5) is 22.2. The standard InChI is InChI=1S/C11H9F2N3O3/c1-2-15(6-5-14)11(17)9-7(12)3-4-8(10(9)13)16(18)19/h3-4H,2,6H2,1H3. The summed E-state index contributed by atoms with van der Waals surface area (Å²) in [7, 11) is 0. The molecule has 1 amide bonds. The average molecular weight is 269 g/mol. The zero-order valence-electron chi connectivity index (χ0n) is 9.89. The van der Waals surface area contributed by atoms with Crippen molar-refractivity contribution in [3.05, 3.63) is 39.4 Å². The molecule has 1 aromatic rings. The van der Waals surface area contributed by atoms with E-state index in [1.54, 1.807) is 6.07 Å². The molecule has 0 spiro atoms. The van der Waals surface area contributed by atoms with Gasteiger partial charge in [-0.3, -0.25) is 14.9 Å². The predicted octanol–water partition coefficient (Wildman–Crippen LogP) is 1.86. The van der Waals surface area contributed by atoms with Crippen LogP contribution in [0.15, 0.2) is 12.1 Å². The Balaban J connectivity index is 3.34. The molecular weight excluding hydrogens is 260 g/mol. The summed E-state index contributed by atoms with van der Waals surface area (Å²) in [6.07, 6.45) is 0. The third-order valence-electron chi connectivity index (χ3n) is 2.41. The Morgan fingerprint density at radius 2 is 2.16 bits per heavy atom. The van der Waals surface area contributed by atoms with Crippen LogP contribution in [0.3, 0.4) is 0 Å². The summed E-state index contributed by atoms with van der Waals surface area (Å²) in [5.74, 6) is -3.83. The normalized spacial score (nSPS) is 9.79. The van der Waals surface area contributed by atoms with Crippen LogP contribution >= 0.6 is 0 Å². The van der Waals surface area contributed by atoms with Crippen LogP contribution in [0.4, 0.5) is 14.5 Å². The lowest BCUT2D eigenvalue weighted by Crippen LogP contribution is -2.32. The Morgan fingerprint density at radius 3 is 2.63 bits per heavy atom. The lowest BCUT2D eigenvalue weighted by molar-refractivity contribution is -0.387. The highest BCUT2D eigenvalue weighted by atomic mass is 19.1. The van der Waals surface area contributed by atoms with Crippen molar-refractivity contribution in [3.63, 3.8) is 0 Å². The summed E-state index contributed by atoms with van der Waals surface area (Å²) in [5, 5.41) is 19.0. The molecule has 19 heavy (non-hydrogen) atoms. The number of benzene rings is 1. The lowest BCUT2D eigenvalue weighted by atomic mass is 10.1. The SMILES string of the molecule is CCN(CC#N)C(=O)c1c(F)ccc([N+](=O)[O-])c1F. The van der Waals surface area contributed by atoms with Crippen molar-refractivity contribution in [1.82, 2.24) is 4.90 Å². The largest absolute Gasteiger partial charge is 0.325 e. The molecule has 0 aliphatic heterocycles. The lowest BCUT2D eigenvalue weighted by Gasteiger charge is -2.17. The molecule has 6 nitrogen and oxygen atoms in total. The fourth-order valence-corrected chi connectivity index (χ4v) is 1.45. The van der Waals surface area contributed by atoms with Gasteiger partial charge < -0.3 is 4.90 Å². The number of halogens is 2. The Morgan fingerprint density at radius 1 is 1.53 bits per heavy atom. The minimum absolute atomic E-state index is 0.0496. The van der Waals surface area contributed by atoms with Gasteiger partial charge in [-0.2, -0.15) is 9.65 Å². The van der Waals surface area contributed by atoms with E-state index in [2.05, 4.69) is 0 Å². The summed E-state index contributed by atoms with van der Waals surface area (Å²) >= 11 is 0. The van der Waals surface area contributed by atoms with Crippen molar-refractivity contribution in [1.29, 1.82) is 5.26 Å². The first-order chi connectivity index (χ1) is 8.93. The van der Waals surface area contributed by atoms with Crippen LogP contribution < -0.4 is 0 Å². The first-order valence-electron chi connectivity index (χ1n) is 5.22. The quantitative estimate of drug-likeness (QED) is 0.474. The van der Waals surface area contributed by atoms with E-state index >= 15 is 0 Å². The monoisotopic (exact) mass is 269 g/mol. The molecule has 0 unspecified atom stereocenters. The van der Waals surface area contributed by atoms with Gasteiger partial charge in [0.2, 0.25) is 5.82 Å². The smallest absolute Gasteiger partial charge is 0.305 e. The number of nitriles is 1. The summed E-state index contributed by atoms with van der Waals surface area (Å²) in [5.41, 5.74) is -2.01. The Labute approximate surface area is 107 Å². The molecular formula is C11H9F2N3O3. The van der Waals surface area contributed by atoms with Crippen LogP contribution in [0.5, 0.6) is 0 Å². The zero-order valence-corrected chi connectivity index (χ0v) is 9.89. The van der Waals surface area contributed by atoms with E-state index in [1.165, 1.54) is 6.92 Å². The Kier molecular flexibility index (Phi) is 4.47. The van der Waals surface area contributed by atoms with Crippen LogP contribution in [0.25, 0.3) is 0 Å². The molecule has 8 heteroatoms. The average Bonchev–Trinajstić information content (AvgIpc) is 2.35. The van der Waals surface area contributed by atoms with Gasteiger partial charge in [0, 0.05) is 12.6 Å². The van der Waals surface area contributed by atoms with Gasteiger partial charge in [-0.15, -0.1) is 0 Å². The van der Waals surface area contributed by atoms with E-state index in [0.29, 0.717) is 12.1 Å². The zero-order chi connectivity index (χ0) is 14.6. The molecule has 0 N–H and O–H groups in total. The number of nitrogens with zero attached hydrogens (tertiary/aromatic N) is 3. The number of hydrogen-bond donors (Lipinski definition) is 0. The third kappa shape index (κ3) is 2.82. The second-order valence-corrected chi connectivity index (χ2v) is 3.49. The highest BCUT2D eigenvalue weighted by molar-refractivity contribution is 5.95. The molecule has 1 rings (SSSR count). The molecule has 100 valence electrons. The van der Waals surface area contributed by atoms with Crippen molar-refractivity contribution < 1.29 is 18.5 Å². The van der Waals surface area contributed by atoms with E-state index in [4.69, 9.17) is 5.26 Å². The minimum Gasteiger partial charge on any atom is -0.325 e. The van der Waals surface area contributed by atoms with E-state index < -0.39 is 33.7 Å². The Hall–Kier alpha value is -2.56. The molecule has 0 fully saturated rings. The van der Waals surface area contributed by atoms with Gasteiger partial charge in [0.15, 0.2) is 0 Å². The molecule has 0 radical (unpaired) electrons. The second kappa shape index (κ2) is 5.86. The first-order valence-corrected chi connectivity index (χ1v) is 5.22. The van der Waals surface area contributed by atoms with Crippen LogP contribution in [0, 0.1) is 33.1 Å². The maximum atomic E-state index is 13.8. The highest BCUT2D eigenvalue weighted by Gasteiger charge is 2.28. The first kappa shape index (κ1) is 14.5. The van der Waals surface area contributed by atoms with Crippen LogP contribution in [0.1, 0.15) is 17.3 Å². The van der Waals surface area contributed by atoms with Crippen molar-refractivity contribution in [2.45, 2.75) is 6.92 Å². The molecule has 0 aliphatic carbocycles. The Bertz CT molecular complexity index is 569. The van der Waals surface area contributed by atoms with Gasteiger partial charge in [-0.1, -0.05) is 0 Å². The van der Waals surface area contributed by atoms with E-state index in [-0.39, 0.29) is 13.1 Å². The van der Waals surface area contributed by atoms with Crippen molar-refractivity contribution >= 4 is 11.6 Å². The van der Waals surface area contributed by atoms with Gasteiger partial charge in [-0.05, 0) is 13.0 Å². The molecule has 0 aliphatic rings. The van der Waals surface area contributed by atoms with Gasteiger partial charge in [0.05, 0.1) is 11.0 Å². The van der Waals surface area contributed by atoms with Crippen molar-refractivity contribution in [3.8, 4) is 6.07 Å². The number of hydrogen-bond acceptors (Lipinski definition) is 4. The number of amides is 1. The van der Waals surface area contributed by atoms with Crippen LogP contribution in [-0.4, -0.2) is 28.8 Å². The van der Waals surface area contributed by atoms with Crippen molar-refractivity contribution in [2.75, 3.05) is 13.1 Å².